The Morgan fingerprint density at radius 3 is 2.58 bits per heavy atom. The SMILES string of the molecule is CC(C)C[C@H](NC(=O)c1cc2ccccc2s1)C(=O)N[C@H]1C[C@H](C)CN(S(=O)(=O)c2ccccn2)CC1=O. The van der Waals surface area contributed by atoms with Crippen molar-refractivity contribution < 1.29 is 22.8 Å². The lowest BCUT2D eigenvalue weighted by atomic mass is 9.98. The van der Waals surface area contributed by atoms with Crippen molar-refractivity contribution in [2.75, 3.05) is 13.1 Å². The van der Waals surface area contributed by atoms with Gasteiger partial charge in [-0.2, -0.15) is 4.31 Å². The molecular formula is C27H32N4O5S2. The van der Waals surface area contributed by atoms with Crippen LogP contribution in [-0.2, 0) is 19.6 Å². The number of fused-ring (bicyclic) bond motifs is 1. The maximum atomic E-state index is 13.3. The van der Waals surface area contributed by atoms with Crippen LogP contribution in [-0.4, -0.2) is 60.5 Å². The van der Waals surface area contributed by atoms with Gasteiger partial charge >= 0.3 is 0 Å². The molecule has 4 rings (SSSR count). The van der Waals surface area contributed by atoms with Crippen molar-refractivity contribution >= 4 is 49.0 Å². The number of pyridine rings is 1. The minimum atomic E-state index is -3.96. The highest BCUT2D eigenvalue weighted by Crippen LogP contribution is 2.26. The molecule has 0 bridgehead atoms. The molecule has 1 aliphatic heterocycles. The highest BCUT2D eigenvalue weighted by atomic mass is 32.2. The van der Waals surface area contributed by atoms with E-state index >= 15 is 0 Å². The monoisotopic (exact) mass is 556 g/mol. The molecule has 2 amide bonds. The molecule has 2 aromatic heterocycles. The van der Waals surface area contributed by atoms with Gasteiger partial charge in [0.1, 0.15) is 6.04 Å². The van der Waals surface area contributed by atoms with Gasteiger partial charge in [0.05, 0.1) is 17.5 Å². The summed E-state index contributed by atoms with van der Waals surface area (Å²) in [5, 5.41) is 6.48. The van der Waals surface area contributed by atoms with Crippen LogP contribution in [0.5, 0.6) is 0 Å². The van der Waals surface area contributed by atoms with E-state index in [0.29, 0.717) is 11.3 Å². The van der Waals surface area contributed by atoms with Gasteiger partial charge in [-0.1, -0.05) is 45.0 Å². The van der Waals surface area contributed by atoms with Gasteiger partial charge in [-0.05, 0) is 54.3 Å². The standard InChI is InChI=1S/C27H32N4O5S2/c1-17(2)12-21(30-27(34)24-14-19-8-4-5-9-23(19)37-24)26(33)29-20-13-18(3)15-31(16-22(20)32)38(35,36)25-10-6-7-11-28-25/h4-11,14,17-18,20-21H,12-13,15-16H2,1-3H3,(H,29,33)(H,30,34)/t18-,20-,21-/m0/s1. The first-order valence-corrected chi connectivity index (χ1v) is 14.8. The Morgan fingerprint density at radius 2 is 1.89 bits per heavy atom. The van der Waals surface area contributed by atoms with Crippen molar-refractivity contribution in [2.24, 2.45) is 11.8 Å². The Morgan fingerprint density at radius 1 is 1.16 bits per heavy atom. The third kappa shape index (κ3) is 6.46. The van der Waals surface area contributed by atoms with E-state index in [-0.39, 0.29) is 42.3 Å². The molecule has 3 aromatic rings. The number of sulfonamides is 1. The maximum Gasteiger partial charge on any atom is 0.262 e. The fourth-order valence-corrected chi connectivity index (χ4v) is 6.98. The van der Waals surface area contributed by atoms with Crippen LogP contribution in [0.3, 0.4) is 0 Å². The zero-order valence-electron chi connectivity index (χ0n) is 21.6. The first-order chi connectivity index (χ1) is 18.0. The molecule has 3 heterocycles. The molecule has 2 N–H and O–H groups in total. The quantitative estimate of drug-likeness (QED) is 0.439. The number of nitrogens with one attached hydrogen (secondary N) is 2. The van der Waals surface area contributed by atoms with E-state index in [1.54, 1.807) is 18.2 Å². The minimum absolute atomic E-state index is 0.108. The Hall–Kier alpha value is -3.15. The number of thiophene rings is 1. The Kier molecular flexibility index (Phi) is 8.59. The predicted octanol–water partition coefficient (Wildman–Crippen LogP) is 3.23. The Labute approximate surface area is 226 Å². The van der Waals surface area contributed by atoms with Crippen molar-refractivity contribution in [2.45, 2.75) is 50.7 Å². The third-order valence-electron chi connectivity index (χ3n) is 6.41. The summed E-state index contributed by atoms with van der Waals surface area (Å²) < 4.78 is 28.3. The first-order valence-electron chi connectivity index (χ1n) is 12.6. The number of nitrogens with zero attached hydrogens (tertiary/aromatic N) is 2. The highest BCUT2D eigenvalue weighted by Gasteiger charge is 2.37. The van der Waals surface area contributed by atoms with E-state index in [0.717, 1.165) is 14.4 Å². The number of amides is 2. The summed E-state index contributed by atoms with van der Waals surface area (Å²) in [6, 6.07) is 12.4. The van der Waals surface area contributed by atoms with Crippen LogP contribution in [0.15, 0.2) is 59.8 Å². The zero-order valence-corrected chi connectivity index (χ0v) is 23.2. The van der Waals surface area contributed by atoms with Gasteiger partial charge in [0.15, 0.2) is 10.8 Å². The van der Waals surface area contributed by atoms with Gasteiger partial charge in [0, 0.05) is 17.4 Å². The van der Waals surface area contributed by atoms with Gasteiger partial charge in [-0.25, -0.2) is 13.4 Å². The van der Waals surface area contributed by atoms with Crippen LogP contribution in [0.1, 0.15) is 43.3 Å². The number of hydrogen-bond acceptors (Lipinski definition) is 7. The first kappa shape index (κ1) is 27.9. The van der Waals surface area contributed by atoms with Crippen LogP contribution in [0.4, 0.5) is 0 Å². The largest absolute Gasteiger partial charge is 0.344 e. The minimum Gasteiger partial charge on any atom is -0.344 e. The molecule has 0 aliphatic carbocycles. The van der Waals surface area contributed by atoms with E-state index in [4.69, 9.17) is 0 Å². The average molecular weight is 557 g/mol. The number of benzene rings is 1. The number of aromatic nitrogens is 1. The van der Waals surface area contributed by atoms with Crippen molar-refractivity contribution in [3.63, 3.8) is 0 Å². The van der Waals surface area contributed by atoms with Crippen molar-refractivity contribution in [3.8, 4) is 0 Å². The number of ketones is 1. The second-order valence-corrected chi connectivity index (χ2v) is 13.1. The predicted molar refractivity (Wildman–Crippen MR) is 146 cm³/mol. The fraction of sp³-hybridized carbons (Fsp3) is 0.407. The van der Waals surface area contributed by atoms with Crippen LogP contribution < -0.4 is 10.6 Å². The molecular weight excluding hydrogens is 524 g/mol. The molecule has 3 atom stereocenters. The number of rotatable bonds is 8. The van der Waals surface area contributed by atoms with Crippen molar-refractivity contribution in [1.29, 1.82) is 0 Å². The molecule has 0 saturated carbocycles. The molecule has 0 unspecified atom stereocenters. The molecule has 38 heavy (non-hydrogen) atoms. The van der Waals surface area contributed by atoms with Crippen molar-refractivity contribution in [3.05, 3.63) is 59.6 Å². The lowest BCUT2D eigenvalue weighted by Gasteiger charge is -2.23. The third-order valence-corrected chi connectivity index (χ3v) is 9.25. The molecule has 0 radical (unpaired) electrons. The second-order valence-electron chi connectivity index (χ2n) is 10.1. The smallest absolute Gasteiger partial charge is 0.262 e. The summed E-state index contributed by atoms with van der Waals surface area (Å²) in [6.07, 6.45) is 2.07. The highest BCUT2D eigenvalue weighted by molar-refractivity contribution is 7.89. The van der Waals surface area contributed by atoms with Gasteiger partial charge < -0.3 is 10.6 Å². The van der Waals surface area contributed by atoms with Gasteiger partial charge in [0.25, 0.3) is 15.9 Å². The number of carbonyl (C=O) groups excluding carboxylic acids is 3. The van der Waals surface area contributed by atoms with Crippen molar-refractivity contribution in [1.82, 2.24) is 19.9 Å². The number of carbonyl (C=O) groups is 3. The van der Waals surface area contributed by atoms with E-state index < -0.39 is 33.8 Å². The average Bonchev–Trinajstić information content (AvgIpc) is 3.26. The lowest BCUT2D eigenvalue weighted by molar-refractivity contribution is -0.129. The fourth-order valence-electron chi connectivity index (χ4n) is 4.56. The van der Waals surface area contributed by atoms with E-state index in [1.165, 1.54) is 23.6 Å². The normalized spacial score (nSPS) is 19.7. The second kappa shape index (κ2) is 11.7. The maximum absolute atomic E-state index is 13.3. The summed E-state index contributed by atoms with van der Waals surface area (Å²) in [5.74, 6) is -1.29. The lowest BCUT2D eigenvalue weighted by Crippen LogP contribution is -2.52. The molecule has 1 aromatic carbocycles. The van der Waals surface area contributed by atoms with Crippen LogP contribution in [0, 0.1) is 11.8 Å². The van der Waals surface area contributed by atoms with E-state index in [2.05, 4.69) is 15.6 Å². The molecule has 1 saturated heterocycles. The molecule has 9 nitrogen and oxygen atoms in total. The van der Waals surface area contributed by atoms with Gasteiger partial charge in [-0.3, -0.25) is 14.4 Å². The summed E-state index contributed by atoms with van der Waals surface area (Å²) in [5.41, 5.74) is 0. The van der Waals surface area contributed by atoms with Gasteiger partial charge in [-0.15, -0.1) is 11.3 Å². The van der Waals surface area contributed by atoms with Gasteiger partial charge in [0.2, 0.25) is 5.91 Å². The summed E-state index contributed by atoms with van der Waals surface area (Å²) in [6.45, 7) is 5.51. The number of Topliss-reactive ketones (excluding diaryl/α,β-unsaturated/α-hetero) is 1. The summed E-state index contributed by atoms with van der Waals surface area (Å²) >= 11 is 1.35. The zero-order chi connectivity index (χ0) is 27.4. The van der Waals surface area contributed by atoms with E-state index in [1.807, 2.05) is 45.0 Å². The Balaban J connectivity index is 1.47. The number of hydrogen-bond donors (Lipinski definition) is 2. The summed E-state index contributed by atoms with van der Waals surface area (Å²) in [4.78, 5) is 44.0. The van der Waals surface area contributed by atoms with Crippen LogP contribution in [0.25, 0.3) is 10.1 Å². The molecule has 202 valence electrons. The topological polar surface area (TPSA) is 126 Å². The molecule has 0 spiro atoms. The molecule has 11 heteroatoms. The van der Waals surface area contributed by atoms with Crippen LogP contribution in [0.2, 0.25) is 0 Å². The van der Waals surface area contributed by atoms with E-state index in [9.17, 15) is 22.8 Å². The van der Waals surface area contributed by atoms with Crippen LogP contribution >= 0.6 is 11.3 Å². The Bertz CT molecular complexity index is 1390. The molecule has 1 aliphatic rings. The summed E-state index contributed by atoms with van der Waals surface area (Å²) in [7, 11) is -3.96. The molecule has 1 fully saturated rings.